The fourth-order valence-electron chi connectivity index (χ4n) is 6.63. The van der Waals surface area contributed by atoms with Gasteiger partial charge in [0.05, 0.1) is 23.6 Å². The molecule has 1 aliphatic heterocycles. The van der Waals surface area contributed by atoms with Crippen LogP contribution in [0.5, 0.6) is 17.2 Å². The van der Waals surface area contributed by atoms with E-state index < -0.39 is 11.2 Å². The minimum absolute atomic E-state index is 0.000539. The first-order chi connectivity index (χ1) is 21.8. The number of β-amino-alcohol motifs (C(OH)–C–C–N with tert-alkyl or cyclic N) is 1. The lowest BCUT2D eigenvalue weighted by molar-refractivity contribution is -0.133. The lowest BCUT2D eigenvalue weighted by Gasteiger charge is -2.15. The van der Waals surface area contributed by atoms with Crippen molar-refractivity contribution in [1.29, 1.82) is 0 Å². The van der Waals surface area contributed by atoms with Gasteiger partial charge in [-0.15, -0.1) is 0 Å². The van der Waals surface area contributed by atoms with E-state index in [-0.39, 0.29) is 41.7 Å². The first-order valence-corrected chi connectivity index (χ1v) is 15.8. The normalized spacial score (nSPS) is 19.5. The monoisotopic (exact) mass is 608 g/mol. The summed E-state index contributed by atoms with van der Waals surface area (Å²) in [6, 6.07) is 21.2. The van der Waals surface area contributed by atoms with E-state index >= 15 is 4.39 Å². The number of carbonyl (C=O) groups is 2. The second kappa shape index (κ2) is 12.0. The fourth-order valence-corrected chi connectivity index (χ4v) is 6.63. The lowest BCUT2D eigenvalue weighted by atomic mass is 9.88. The van der Waals surface area contributed by atoms with E-state index in [0.29, 0.717) is 42.0 Å². The van der Waals surface area contributed by atoms with Gasteiger partial charge >= 0.3 is 0 Å². The minimum atomic E-state index is -0.947. The van der Waals surface area contributed by atoms with Crippen molar-refractivity contribution in [3.8, 4) is 17.2 Å². The number of pyridine rings is 1. The molecule has 7 nitrogen and oxygen atoms in total. The molecule has 45 heavy (non-hydrogen) atoms. The highest BCUT2D eigenvalue weighted by molar-refractivity contribution is 6.10. The molecule has 0 bridgehead atoms. The molecule has 232 valence electrons. The summed E-state index contributed by atoms with van der Waals surface area (Å²) in [6.45, 7) is 3.19. The lowest BCUT2D eigenvalue weighted by Crippen LogP contribution is -2.28. The molecule has 3 fully saturated rings. The van der Waals surface area contributed by atoms with Gasteiger partial charge in [0.15, 0.2) is 23.1 Å². The number of Topliss-reactive ketones (excluding diaryl/α,β-unsaturated/α-hetero) is 2. The van der Waals surface area contributed by atoms with Crippen LogP contribution < -0.4 is 9.47 Å². The van der Waals surface area contributed by atoms with Crippen molar-refractivity contribution >= 4 is 22.5 Å². The number of ether oxygens (including phenoxy) is 2. The number of aliphatic hydroxyl groups excluding tert-OH is 1. The summed E-state index contributed by atoms with van der Waals surface area (Å²) >= 11 is 0. The number of fused-ring (bicyclic) bond motifs is 1. The van der Waals surface area contributed by atoms with Crippen molar-refractivity contribution in [1.82, 2.24) is 9.88 Å². The van der Waals surface area contributed by atoms with E-state index in [4.69, 9.17) is 9.47 Å². The zero-order chi connectivity index (χ0) is 31.0. The summed E-state index contributed by atoms with van der Waals surface area (Å²) in [5.74, 6) is 0.397. The maximum atomic E-state index is 15.2. The Balaban J connectivity index is 0.949. The van der Waals surface area contributed by atoms with Crippen LogP contribution in [0.1, 0.15) is 43.2 Å². The number of carbonyl (C=O) groups excluding carboxylic acids is 2. The van der Waals surface area contributed by atoms with Crippen LogP contribution in [0, 0.1) is 16.6 Å². The number of aromatic nitrogens is 1. The van der Waals surface area contributed by atoms with Crippen molar-refractivity contribution in [2.45, 2.75) is 51.0 Å². The smallest absolute Gasteiger partial charge is 0.166 e. The van der Waals surface area contributed by atoms with Crippen LogP contribution in [0.2, 0.25) is 0 Å². The molecular weight excluding hydrogens is 571 g/mol. The van der Waals surface area contributed by atoms with Gasteiger partial charge in [0.2, 0.25) is 0 Å². The molecule has 1 spiro atoms. The molecule has 0 amide bonds. The van der Waals surface area contributed by atoms with Gasteiger partial charge in [-0.2, -0.15) is 0 Å². The molecule has 2 heterocycles. The van der Waals surface area contributed by atoms with Gasteiger partial charge in [-0.05, 0) is 73.6 Å². The molecule has 7 rings (SSSR count). The zero-order valence-electron chi connectivity index (χ0n) is 25.2. The van der Waals surface area contributed by atoms with Gasteiger partial charge in [-0.3, -0.25) is 19.5 Å². The second-order valence-corrected chi connectivity index (χ2v) is 12.9. The Morgan fingerprint density at radius 1 is 0.911 bits per heavy atom. The average Bonchev–Trinajstić information content (AvgIpc) is 3.96. The molecule has 8 heteroatoms. The van der Waals surface area contributed by atoms with E-state index in [0.717, 1.165) is 49.8 Å². The minimum Gasteiger partial charge on any atom is -0.493 e. The van der Waals surface area contributed by atoms with Gasteiger partial charge < -0.3 is 14.6 Å². The van der Waals surface area contributed by atoms with E-state index in [1.54, 1.807) is 18.3 Å². The SMILES string of the molecule is O=C(Cc1ccccc1)C1(C(=O)Cc2ccc(Oc3ccnc4cc(OCCCN5CC(O)C6(CC6)C5)ccc34)c(F)c2)CC1. The molecule has 2 aliphatic carbocycles. The number of hydrogen-bond donors (Lipinski definition) is 1. The molecule has 0 radical (unpaired) electrons. The molecule has 1 saturated heterocycles. The third kappa shape index (κ3) is 6.22. The van der Waals surface area contributed by atoms with Crippen molar-refractivity contribution in [3.63, 3.8) is 0 Å². The number of ketones is 2. The predicted molar refractivity (Wildman–Crippen MR) is 168 cm³/mol. The number of nitrogens with zero attached hydrogens (tertiary/aromatic N) is 2. The Morgan fingerprint density at radius 2 is 1.69 bits per heavy atom. The summed E-state index contributed by atoms with van der Waals surface area (Å²) < 4.78 is 27.2. The Kier molecular flexibility index (Phi) is 7.88. The number of halogens is 1. The molecule has 2 saturated carbocycles. The van der Waals surface area contributed by atoms with Crippen LogP contribution >= 0.6 is 0 Å². The highest BCUT2D eigenvalue weighted by atomic mass is 19.1. The maximum absolute atomic E-state index is 15.2. The summed E-state index contributed by atoms with van der Waals surface area (Å²) in [4.78, 5) is 32.9. The number of benzene rings is 3. The molecule has 3 aromatic carbocycles. The van der Waals surface area contributed by atoms with E-state index in [9.17, 15) is 14.7 Å². The standard InChI is InChI=1S/C37H37FN2O5/c38-29-19-26(21-34(42)37(14-15-37)33(41)20-25-5-2-1-3-6-25)7-10-32(29)45-31-11-16-39-30-22-27(8-9-28(30)31)44-18-4-17-40-23-35(43)36(24-40)12-13-36/h1-3,5-11,16,19,22,35,43H,4,12-15,17-18,20-21,23-24H2. The van der Waals surface area contributed by atoms with Gasteiger partial charge in [-0.25, -0.2) is 4.39 Å². The maximum Gasteiger partial charge on any atom is 0.166 e. The Morgan fingerprint density at radius 3 is 2.40 bits per heavy atom. The Hall–Kier alpha value is -4.14. The second-order valence-electron chi connectivity index (χ2n) is 12.9. The summed E-state index contributed by atoms with van der Waals surface area (Å²) in [5.41, 5.74) is 1.29. The third-order valence-corrected chi connectivity index (χ3v) is 9.74. The van der Waals surface area contributed by atoms with Crippen molar-refractivity contribution < 1.29 is 28.6 Å². The van der Waals surface area contributed by atoms with Gasteiger partial charge in [-0.1, -0.05) is 36.4 Å². The molecular formula is C37H37FN2O5. The summed E-state index contributed by atoms with van der Waals surface area (Å²) in [6.07, 6.45) is 5.88. The number of rotatable bonds is 13. The zero-order valence-corrected chi connectivity index (χ0v) is 25.2. The van der Waals surface area contributed by atoms with E-state index in [1.807, 2.05) is 48.5 Å². The van der Waals surface area contributed by atoms with Crippen LogP contribution in [0.4, 0.5) is 4.39 Å². The van der Waals surface area contributed by atoms with Crippen molar-refractivity contribution in [2.24, 2.45) is 10.8 Å². The molecule has 4 aromatic rings. The molecule has 1 aromatic heterocycles. The van der Waals surface area contributed by atoms with E-state index in [1.165, 1.54) is 12.1 Å². The summed E-state index contributed by atoms with van der Waals surface area (Å²) in [7, 11) is 0. The van der Waals surface area contributed by atoms with Crippen LogP contribution in [0.15, 0.2) is 79.0 Å². The average molecular weight is 609 g/mol. The van der Waals surface area contributed by atoms with Crippen molar-refractivity contribution in [3.05, 3.63) is 95.9 Å². The molecule has 1 unspecified atom stereocenters. The molecule has 1 N–H and O–H groups in total. The van der Waals surface area contributed by atoms with Crippen molar-refractivity contribution in [2.75, 3.05) is 26.2 Å². The fraction of sp³-hybridized carbons (Fsp3) is 0.378. The predicted octanol–water partition coefficient (Wildman–Crippen LogP) is 6.10. The highest BCUT2D eigenvalue weighted by Crippen LogP contribution is 2.52. The number of aliphatic hydroxyl groups is 1. The molecule has 1 atom stereocenters. The topological polar surface area (TPSA) is 89.0 Å². The van der Waals surface area contributed by atoms with E-state index in [2.05, 4.69) is 9.88 Å². The first kappa shape index (κ1) is 29.6. The Labute approximate surface area is 262 Å². The number of hydrogen-bond acceptors (Lipinski definition) is 7. The Bertz CT molecular complexity index is 1730. The molecule has 3 aliphatic rings. The van der Waals surface area contributed by atoms with Crippen LogP contribution in [-0.2, 0) is 22.4 Å². The highest BCUT2D eigenvalue weighted by Gasteiger charge is 2.55. The van der Waals surface area contributed by atoms with Gasteiger partial charge in [0.1, 0.15) is 11.5 Å². The van der Waals surface area contributed by atoms with Gasteiger partial charge in [0.25, 0.3) is 0 Å². The van der Waals surface area contributed by atoms with Gasteiger partial charge in [0, 0.05) is 55.5 Å². The summed E-state index contributed by atoms with van der Waals surface area (Å²) in [5, 5.41) is 11.0. The number of likely N-dealkylation sites (tertiary alicyclic amines) is 1. The first-order valence-electron chi connectivity index (χ1n) is 15.8. The third-order valence-electron chi connectivity index (χ3n) is 9.74. The van der Waals surface area contributed by atoms with Crippen LogP contribution in [0.3, 0.4) is 0 Å². The van der Waals surface area contributed by atoms with Crippen LogP contribution in [-0.4, -0.2) is 58.9 Å². The van der Waals surface area contributed by atoms with Crippen LogP contribution in [0.25, 0.3) is 10.9 Å². The quantitative estimate of drug-likeness (QED) is 0.145. The largest absolute Gasteiger partial charge is 0.493 e.